The number of rotatable bonds is 4. The Morgan fingerprint density at radius 3 is 1.87 bits per heavy atom. The van der Waals surface area contributed by atoms with E-state index in [-0.39, 0.29) is 0 Å². The second-order valence-corrected chi connectivity index (χ2v) is 11.4. The van der Waals surface area contributed by atoms with Crippen molar-refractivity contribution in [2.45, 2.75) is 6.17 Å². The van der Waals surface area contributed by atoms with Crippen LogP contribution < -0.4 is 5.32 Å². The zero-order chi connectivity index (χ0) is 29.7. The molecule has 45 heavy (non-hydrogen) atoms. The van der Waals surface area contributed by atoms with Gasteiger partial charge in [-0.1, -0.05) is 127 Å². The van der Waals surface area contributed by atoms with Gasteiger partial charge in [-0.15, -0.1) is 0 Å². The lowest BCUT2D eigenvalue weighted by molar-refractivity contribution is 0.668. The fraction of sp³-hybridized carbons (Fsp3) is 0.0244. The van der Waals surface area contributed by atoms with E-state index in [9.17, 15) is 0 Å². The number of fused-ring (bicyclic) bond motifs is 6. The molecule has 4 heteroatoms. The Kier molecular flexibility index (Phi) is 5.85. The molecule has 1 aromatic heterocycles. The first-order chi connectivity index (χ1) is 22.3. The highest BCUT2D eigenvalue weighted by molar-refractivity contribution is 6.18. The Morgan fingerprint density at radius 1 is 0.444 bits per heavy atom. The van der Waals surface area contributed by atoms with Crippen molar-refractivity contribution in [3.63, 3.8) is 0 Å². The molecule has 1 N–H and O–H groups in total. The molecule has 1 aliphatic rings. The fourth-order valence-corrected chi connectivity index (χ4v) is 6.52. The summed E-state index contributed by atoms with van der Waals surface area (Å²) in [5.41, 5.74) is 6.90. The molecular formula is C41H27N3O. The van der Waals surface area contributed by atoms with Crippen molar-refractivity contribution in [3.05, 3.63) is 168 Å². The van der Waals surface area contributed by atoms with Gasteiger partial charge in [-0.25, -0.2) is 9.98 Å². The standard InChI is InChI=1S/C41H27N3O/c1-3-11-26(12-4-1)31-24-35(38-33-17-9-10-18-36(33)45-37(38)25-31)41-43-39(29-14-5-2-6-15-29)42-40(44-41)30-22-21-28-20-19-27-13-7-8-16-32(27)34(28)23-30/h1-25,41H,(H,42,43,44). The zero-order valence-corrected chi connectivity index (χ0v) is 24.3. The maximum Gasteiger partial charge on any atom is 0.170 e. The molecular weight excluding hydrogens is 550 g/mol. The molecule has 2 heterocycles. The van der Waals surface area contributed by atoms with Crippen LogP contribution in [0, 0.1) is 0 Å². The summed E-state index contributed by atoms with van der Waals surface area (Å²) in [6.45, 7) is 0. The normalized spacial score (nSPS) is 14.9. The predicted octanol–water partition coefficient (Wildman–Crippen LogP) is 10.1. The number of hydrogen-bond acceptors (Lipinski definition) is 4. The van der Waals surface area contributed by atoms with Gasteiger partial charge in [0.2, 0.25) is 0 Å². The van der Waals surface area contributed by atoms with Crippen LogP contribution >= 0.6 is 0 Å². The van der Waals surface area contributed by atoms with Gasteiger partial charge in [0.1, 0.15) is 22.8 Å². The SMILES string of the molecule is c1ccc(C2=NC(c3cc(-c4ccccc4)cc4oc5ccccc5c34)N=C(c3ccc4ccc5ccccc5c4c3)N2)cc1. The first-order valence-corrected chi connectivity index (χ1v) is 15.2. The number of benzene rings is 7. The molecule has 0 spiro atoms. The van der Waals surface area contributed by atoms with Crippen LogP contribution in [0.4, 0.5) is 0 Å². The lowest BCUT2D eigenvalue weighted by atomic mass is 9.96. The van der Waals surface area contributed by atoms with Crippen LogP contribution in [0.15, 0.2) is 166 Å². The first kappa shape index (κ1) is 25.5. The molecule has 0 radical (unpaired) electrons. The number of para-hydroxylation sites is 1. The lowest BCUT2D eigenvalue weighted by Gasteiger charge is -2.23. The minimum Gasteiger partial charge on any atom is -0.456 e. The van der Waals surface area contributed by atoms with Crippen molar-refractivity contribution >= 4 is 55.2 Å². The number of nitrogens with one attached hydrogen (secondary N) is 1. The van der Waals surface area contributed by atoms with Crippen molar-refractivity contribution in [1.29, 1.82) is 0 Å². The predicted molar refractivity (Wildman–Crippen MR) is 186 cm³/mol. The maximum atomic E-state index is 6.45. The number of amidine groups is 2. The lowest BCUT2D eigenvalue weighted by Crippen LogP contribution is -2.36. The van der Waals surface area contributed by atoms with E-state index in [1.54, 1.807) is 0 Å². The molecule has 1 atom stereocenters. The number of hydrogen-bond donors (Lipinski definition) is 1. The van der Waals surface area contributed by atoms with Gasteiger partial charge >= 0.3 is 0 Å². The second-order valence-electron chi connectivity index (χ2n) is 11.4. The molecule has 0 bridgehead atoms. The van der Waals surface area contributed by atoms with Crippen molar-refractivity contribution in [1.82, 2.24) is 5.32 Å². The van der Waals surface area contributed by atoms with Crippen LogP contribution in [0.2, 0.25) is 0 Å². The number of furan rings is 1. The Morgan fingerprint density at radius 2 is 1.07 bits per heavy atom. The highest BCUT2D eigenvalue weighted by Gasteiger charge is 2.25. The van der Waals surface area contributed by atoms with E-state index < -0.39 is 6.17 Å². The van der Waals surface area contributed by atoms with E-state index >= 15 is 0 Å². The summed E-state index contributed by atoms with van der Waals surface area (Å²) >= 11 is 0. The monoisotopic (exact) mass is 577 g/mol. The largest absolute Gasteiger partial charge is 0.456 e. The van der Waals surface area contributed by atoms with Gasteiger partial charge in [0, 0.05) is 27.5 Å². The average molecular weight is 578 g/mol. The zero-order valence-electron chi connectivity index (χ0n) is 24.3. The van der Waals surface area contributed by atoms with Crippen LogP contribution in [0.3, 0.4) is 0 Å². The summed E-state index contributed by atoms with van der Waals surface area (Å²) in [6, 6.07) is 52.8. The van der Waals surface area contributed by atoms with Crippen LogP contribution in [0.1, 0.15) is 22.9 Å². The van der Waals surface area contributed by atoms with Gasteiger partial charge in [0.25, 0.3) is 0 Å². The van der Waals surface area contributed by atoms with Crippen LogP contribution in [0.25, 0.3) is 54.6 Å². The average Bonchev–Trinajstić information content (AvgIpc) is 3.50. The third-order valence-electron chi connectivity index (χ3n) is 8.70. The number of nitrogens with zero attached hydrogens (tertiary/aromatic N) is 2. The minimum atomic E-state index is -0.494. The molecule has 0 aliphatic carbocycles. The maximum absolute atomic E-state index is 6.45. The van der Waals surface area contributed by atoms with Gasteiger partial charge < -0.3 is 9.73 Å². The Labute approximate surface area is 260 Å². The molecule has 0 saturated carbocycles. The summed E-state index contributed by atoms with van der Waals surface area (Å²) in [4.78, 5) is 10.6. The molecule has 7 aromatic carbocycles. The Bertz CT molecular complexity index is 2460. The van der Waals surface area contributed by atoms with E-state index in [0.717, 1.165) is 61.4 Å². The topological polar surface area (TPSA) is 49.9 Å². The quantitative estimate of drug-likeness (QED) is 0.212. The highest BCUT2D eigenvalue weighted by atomic mass is 16.3. The molecule has 0 fully saturated rings. The molecule has 4 nitrogen and oxygen atoms in total. The molecule has 0 saturated heterocycles. The fourth-order valence-electron chi connectivity index (χ4n) is 6.52. The van der Waals surface area contributed by atoms with Gasteiger partial charge in [-0.2, -0.15) is 0 Å². The van der Waals surface area contributed by atoms with Gasteiger partial charge in [-0.05, 0) is 56.9 Å². The van der Waals surface area contributed by atoms with Crippen LogP contribution in [0.5, 0.6) is 0 Å². The van der Waals surface area contributed by atoms with Gasteiger partial charge in [0.05, 0.1) is 0 Å². The van der Waals surface area contributed by atoms with Gasteiger partial charge in [0.15, 0.2) is 6.17 Å². The third-order valence-corrected chi connectivity index (χ3v) is 8.70. The minimum absolute atomic E-state index is 0.494. The summed E-state index contributed by atoms with van der Waals surface area (Å²) in [5, 5.41) is 10.5. The molecule has 1 unspecified atom stereocenters. The van der Waals surface area contributed by atoms with E-state index in [1.807, 2.05) is 36.4 Å². The third kappa shape index (κ3) is 4.38. The van der Waals surface area contributed by atoms with Crippen molar-refractivity contribution < 1.29 is 4.42 Å². The van der Waals surface area contributed by atoms with E-state index in [1.165, 1.54) is 21.5 Å². The van der Waals surface area contributed by atoms with Crippen LogP contribution in [-0.4, -0.2) is 11.7 Å². The summed E-state index contributed by atoms with van der Waals surface area (Å²) in [7, 11) is 0. The summed E-state index contributed by atoms with van der Waals surface area (Å²) in [5.74, 6) is 1.57. The molecule has 212 valence electrons. The first-order valence-electron chi connectivity index (χ1n) is 15.2. The highest BCUT2D eigenvalue weighted by Crippen LogP contribution is 2.40. The summed E-state index contributed by atoms with van der Waals surface area (Å²) in [6.07, 6.45) is -0.494. The van der Waals surface area contributed by atoms with E-state index in [2.05, 4.69) is 121 Å². The van der Waals surface area contributed by atoms with Crippen molar-refractivity contribution in [2.24, 2.45) is 9.98 Å². The summed E-state index contributed by atoms with van der Waals surface area (Å²) < 4.78 is 6.45. The molecule has 1 aliphatic heterocycles. The van der Waals surface area contributed by atoms with E-state index in [0.29, 0.717) is 0 Å². The van der Waals surface area contributed by atoms with Crippen LogP contribution in [-0.2, 0) is 0 Å². The second kappa shape index (κ2) is 10.3. The molecule has 8 aromatic rings. The van der Waals surface area contributed by atoms with Gasteiger partial charge in [-0.3, -0.25) is 0 Å². The smallest absolute Gasteiger partial charge is 0.170 e. The molecule has 9 rings (SSSR count). The Hall–Kier alpha value is -6.00. The van der Waals surface area contributed by atoms with Crippen molar-refractivity contribution in [2.75, 3.05) is 0 Å². The Balaban J connectivity index is 1.29. The van der Waals surface area contributed by atoms with Crippen molar-refractivity contribution in [3.8, 4) is 11.1 Å². The van der Waals surface area contributed by atoms with E-state index in [4.69, 9.17) is 14.4 Å². The molecule has 0 amide bonds. The number of aliphatic imine (C=N–C) groups is 2.